The van der Waals surface area contributed by atoms with Gasteiger partial charge in [0.05, 0.1) is 12.4 Å². The number of hydrogen-bond acceptors (Lipinski definition) is 8. The molecule has 0 saturated carbocycles. The predicted molar refractivity (Wildman–Crippen MR) is 94.4 cm³/mol. The van der Waals surface area contributed by atoms with Crippen molar-refractivity contribution >= 4 is 45.5 Å². The van der Waals surface area contributed by atoms with Gasteiger partial charge in [0.25, 0.3) is 0 Å². The van der Waals surface area contributed by atoms with Gasteiger partial charge in [0, 0.05) is 31.6 Å². The van der Waals surface area contributed by atoms with Gasteiger partial charge < -0.3 is 15.0 Å². The van der Waals surface area contributed by atoms with Crippen molar-refractivity contribution in [1.29, 1.82) is 0 Å². The molecule has 1 N–H and O–H groups in total. The highest BCUT2D eigenvalue weighted by Crippen LogP contribution is 2.27. The minimum absolute atomic E-state index is 0.163. The summed E-state index contributed by atoms with van der Waals surface area (Å²) < 4.78 is 5.79. The molecular weight excluding hydrogens is 352 g/mol. The Morgan fingerprint density at radius 3 is 3.30 bits per heavy atom. The number of carbonyl (C=O) groups is 1. The molecule has 2 aromatic rings. The van der Waals surface area contributed by atoms with Crippen molar-refractivity contribution in [3.63, 3.8) is 0 Å². The van der Waals surface area contributed by atoms with E-state index in [1.807, 2.05) is 4.90 Å². The molecule has 124 valence electrons. The molecule has 6 nitrogen and oxygen atoms in total. The molecule has 9 heteroatoms. The number of ether oxygens (including phenoxy) is 1. The fourth-order valence-electron chi connectivity index (χ4n) is 2.28. The van der Waals surface area contributed by atoms with Crippen LogP contribution in [-0.2, 0) is 22.5 Å². The van der Waals surface area contributed by atoms with Gasteiger partial charge in [-0.1, -0.05) is 23.1 Å². The van der Waals surface area contributed by atoms with Gasteiger partial charge in [-0.25, -0.2) is 0 Å². The van der Waals surface area contributed by atoms with Gasteiger partial charge in [-0.05, 0) is 23.4 Å². The van der Waals surface area contributed by atoms with Crippen molar-refractivity contribution in [2.45, 2.75) is 17.3 Å². The maximum Gasteiger partial charge on any atom is 0.233 e. The Morgan fingerprint density at radius 2 is 2.43 bits per heavy atom. The van der Waals surface area contributed by atoms with E-state index >= 15 is 0 Å². The first kappa shape index (κ1) is 16.7. The van der Waals surface area contributed by atoms with Crippen LogP contribution < -0.4 is 5.32 Å². The summed E-state index contributed by atoms with van der Waals surface area (Å²) in [4.78, 5) is 15.7. The van der Waals surface area contributed by atoms with Crippen molar-refractivity contribution in [2.75, 3.05) is 37.9 Å². The van der Waals surface area contributed by atoms with Gasteiger partial charge in [0.15, 0.2) is 4.34 Å². The van der Waals surface area contributed by atoms with Crippen LogP contribution in [0.5, 0.6) is 0 Å². The minimum atomic E-state index is 0.163. The standard InChI is InChI=1S/C14H18N4O2S3/c1-20-6-4-15-13-16-17-14(23-13)22-9-12(19)18-5-2-11-10(8-18)3-7-21-11/h3,7H,2,4-6,8-9H2,1H3,(H,15,16). The normalized spacial score (nSPS) is 13.9. The number of methoxy groups -OCH3 is 1. The lowest BCUT2D eigenvalue weighted by molar-refractivity contribution is -0.129. The molecule has 0 fully saturated rings. The van der Waals surface area contributed by atoms with Crippen LogP contribution in [0.25, 0.3) is 0 Å². The van der Waals surface area contributed by atoms with E-state index in [1.54, 1.807) is 18.4 Å². The summed E-state index contributed by atoms with van der Waals surface area (Å²) in [7, 11) is 1.66. The quantitative estimate of drug-likeness (QED) is 0.596. The van der Waals surface area contributed by atoms with Gasteiger partial charge in [-0.2, -0.15) is 0 Å². The third-order valence-corrected chi connectivity index (χ3v) is 6.49. The van der Waals surface area contributed by atoms with Crippen LogP contribution in [-0.4, -0.2) is 53.6 Å². The molecule has 0 radical (unpaired) electrons. The highest BCUT2D eigenvalue weighted by Gasteiger charge is 2.21. The fourth-order valence-corrected chi connectivity index (χ4v) is 4.85. The number of hydrogen-bond donors (Lipinski definition) is 1. The number of thioether (sulfide) groups is 1. The monoisotopic (exact) mass is 370 g/mol. The van der Waals surface area contributed by atoms with E-state index in [0.717, 1.165) is 29.0 Å². The predicted octanol–water partition coefficient (Wildman–Crippen LogP) is 2.33. The molecule has 0 unspecified atom stereocenters. The number of anilines is 1. The molecule has 1 aliphatic rings. The van der Waals surface area contributed by atoms with Crippen molar-refractivity contribution in [2.24, 2.45) is 0 Å². The Bertz CT molecular complexity index is 658. The number of thiophene rings is 1. The zero-order valence-corrected chi connectivity index (χ0v) is 15.2. The van der Waals surface area contributed by atoms with E-state index in [2.05, 4.69) is 27.0 Å². The number of fused-ring (bicyclic) bond motifs is 1. The van der Waals surface area contributed by atoms with E-state index in [0.29, 0.717) is 18.9 Å². The van der Waals surface area contributed by atoms with Crippen LogP contribution in [0.15, 0.2) is 15.8 Å². The summed E-state index contributed by atoms with van der Waals surface area (Å²) in [6, 6.07) is 2.12. The average molecular weight is 371 g/mol. The largest absolute Gasteiger partial charge is 0.383 e. The maximum atomic E-state index is 12.4. The van der Waals surface area contributed by atoms with Crippen molar-refractivity contribution < 1.29 is 9.53 Å². The van der Waals surface area contributed by atoms with Crippen molar-refractivity contribution in [3.05, 3.63) is 21.9 Å². The Labute approximate surface area is 147 Å². The van der Waals surface area contributed by atoms with Crippen LogP contribution in [0.2, 0.25) is 0 Å². The second kappa shape index (κ2) is 8.09. The fraction of sp³-hybridized carbons (Fsp3) is 0.500. The van der Waals surface area contributed by atoms with Crippen LogP contribution >= 0.6 is 34.4 Å². The van der Waals surface area contributed by atoms with Gasteiger partial charge in [-0.3, -0.25) is 4.79 Å². The van der Waals surface area contributed by atoms with E-state index < -0.39 is 0 Å². The maximum absolute atomic E-state index is 12.4. The molecule has 23 heavy (non-hydrogen) atoms. The average Bonchev–Trinajstić information content (AvgIpc) is 3.21. The molecule has 0 aromatic carbocycles. The second-order valence-corrected chi connectivity index (χ2v) is 8.22. The van der Waals surface area contributed by atoms with Crippen LogP contribution in [0.4, 0.5) is 5.13 Å². The molecule has 0 aliphatic carbocycles. The molecule has 3 heterocycles. The van der Waals surface area contributed by atoms with Crippen LogP contribution in [0.1, 0.15) is 10.4 Å². The topological polar surface area (TPSA) is 67.3 Å². The van der Waals surface area contributed by atoms with E-state index in [1.165, 1.54) is 33.5 Å². The first-order chi connectivity index (χ1) is 11.3. The molecule has 0 atom stereocenters. The van der Waals surface area contributed by atoms with E-state index in [4.69, 9.17) is 4.74 Å². The molecule has 0 saturated heterocycles. The first-order valence-electron chi connectivity index (χ1n) is 7.28. The minimum Gasteiger partial charge on any atom is -0.383 e. The lowest BCUT2D eigenvalue weighted by Gasteiger charge is -2.26. The lowest BCUT2D eigenvalue weighted by Crippen LogP contribution is -2.36. The highest BCUT2D eigenvalue weighted by atomic mass is 32.2. The summed E-state index contributed by atoms with van der Waals surface area (Å²) in [5.74, 6) is 0.572. The number of aromatic nitrogens is 2. The molecule has 1 amide bonds. The Kier molecular flexibility index (Phi) is 5.87. The van der Waals surface area contributed by atoms with Gasteiger partial charge in [0.2, 0.25) is 11.0 Å². The molecule has 0 spiro atoms. The third-order valence-electron chi connectivity index (χ3n) is 3.47. The molecule has 1 aliphatic heterocycles. The summed E-state index contributed by atoms with van der Waals surface area (Å²) in [6.07, 6.45) is 0.968. The smallest absolute Gasteiger partial charge is 0.233 e. The Hall–Kier alpha value is -1.16. The zero-order chi connectivity index (χ0) is 16.1. The summed E-state index contributed by atoms with van der Waals surface area (Å²) >= 11 is 4.70. The zero-order valence-electron chi connectivity index (χ0n) is 12.8. The highest BCUT2D eigenvalue weighted by molar-refractivity contribution is 8.01. The lowest BCUT2D eigenvalue weighted by atomic mass is 10.1. The molecule has 3 rings (SSSR count). The van der Waals surface area contributed by atoms with Crippen LogP contribution in [0.3, 0.4) is 0 Å². The molecule has 0 bridgehead atoms. The second-order valence-electron chi connectivity index (χ2n) is 5.02. The summed E-state index contributed by atoms with van der Waals surface area (Å²) in [5, 5.41) is 14.2. The molecule has 2 aromatic heterocycles. The van der Waals surface area contributed by atoms with Gasteiger partial charge in [-0.15, -0.1) is 21.5 Å². The summed E-state index contributed by atoms with van der Waals surface area (Å²) in [6.45, 7) is 2.87. The van der Waals surface area contributed by atoms with Gasteiger partial charge in [0.1, 0.15) is 0 Å². The van der Waals surface area contributed by atoms with Crippen molar-refractivity contribution in [1.82, 2.24) is 15.1 Å². The Balaban J connectivity index is 1.46. The SMILES string of the molecule is COCCNc1nnc(SCC(=O)N2CCc3sccc3C2)s1. The number of carbonyl (C=O) groups excluding carboxylic acids is 1. The Morgan fingerprint density at radius 1 is 1.52 bits per heavy atom. The number of rotatable bonds is 7. The van der Waals surface area contributed by atoms with Crippen LogP contribution in [0, 0.1) is 0 Å². The van der Waals surface area contributed by atoms with E-state index in [9.17, 15) is 4.79 Å². The first-order valence-corrected chi connectivity index (χ1v) is 9.96. The van der Waals surface area contributed by atoms with Crippen molar-refractivity contribution in [3.8, 4) is 0 Å². The van der Waals surface area contributed by atoms with E-state index in [-0.39, 0.29) is 5.91 Å². The number of nitrogens with one attached hydrogen (secondary N) is 1. The third kappa shape index (κ3) is 4.43. The number of nitrogens with zero attached hydrogens (tertiary/aromatic N) is 3. The van der Waals surface area contributed by atoms with Gasteiger partial charge >= 0.3 is 0 Å². The number of amides is 1. The summed E-state index contributed by atoms with van der Waals surface area (Å²) in [5.41, 5.74) is 1.29. The molecular formula is C14H18N4O2S3.